The molecular weight excluding hydrogens is 570 g/mol. The minimum Gasteiger partial charge on any atom is -0.489 e. The Morgan fingerprint density at radius 1 is 0.689 bits per heavy atom. The Hall–Kier alpha value is -5.89. The quantitative estimate of drug-likeness (QED) is 0.109. The van der Waals surface area contributed by atoms with E-state index < -0.39 is 10.4 Å². The van der Waals surface area contributed by atoms with E-state index in [0.717, 1.165) is 16.7 Å². The van der Waals surface area contributed by atoms with Gasteiger partial charge in [0, 0.05) is 12.1 Å². The van der Waals surface area contributed by atoms with E-state index in [9.17, 15) is 14.9 Å². The van der Waals surface area contributed by atoms with Gasteiger partial charge in [0.2, 0.25) is 16.8 Å². The van der Waals surface area contributed by atoms with Gasteiger partial charge in [-0.2, -0.15) is 0 Å². The fourth-order valence-corrected chi connectivity index (χ4v) is 4.95. The van der Waals surface area contributed by atoms with E-state index in [1.165, 1.54) is 6.07 Å². The largest absolute Gasteiger partial charge is 0.489 e. The van der Waals surface area contributed by atoms with E-state index in [4.69, 9.17) is 18.6 Å². The minimum atomic E-state index is -0.556. The summed E-state index contributed by atoms with van der Waals surface area (Å²) in [5.74, 6) is 0.829. The van der Waals surface area contributed by atoms with Crippen molar-refractivity contribution in [3.05, 3.63) is 164 Å². The summed E-state index contributed by atoms with van der Waals surface area (Å²) >= 11 is 0. The maximum atomic E-state index is 14.0. The van der Waals surface area contributed by atoms with Gasteiger partial charge < -0.3 is 18.6 Å². The van der Waals surface area contributed by atoms with Gasteiger partial charge in [-0.05, 0) is 47.4 Å². The Morgan fingerprint density at radius 3 is 1.82 bits per heavy atom. The number of aryl methyl sites for hydroxylation is 1. The first-order valence-corrected chi connectivity index (χ1v) is 14.4. The summed E-state index contributed by atoms with van der Waals surface area (Å²) < 4.78 is 24.8. The molecule has 0 bridgehead atoms. The second-order valence-electron chi connectivity index (χ2n) is 10.5. The summed E-state index contributed by atoms with van der Waals surface area (Å²) in [7, 11) is 0. The number of hydrogen-bond acceptors (Lipinski definition) is 7. The number of fused-ring (bicyclic) bond motifs is 1. The molecule has 0 unspecified atom stereocenters. The molecule has 0 saturated heterocycles. The molecule has 0 atom stereocenters. The molecule has 0 N–H and O–H groups in total. The Kier molecular flexibility index (Phi) is 8.55. The van der Waals surface area contributed by atoms with Crippen LogP contribution in [-0.2, 0) is 19.8 Å². The van der Waals surface area contributed by atoms with Crippen molar-refractivity contribution in [3.8, 4) is 28.6 Å². The van der Waals surface area contributed by atoms with Gasteiger partial charge in [0.15, 0.2) is 5.76 Å². The van der Waals surface area contributed by atoms with Gasteiger partial charge in [0.1, 0.15) is 31.3 Å². The first kappa shape index (κ1) is 29.2. The van der Waals surface area contributed by atoms with E-state index in [-0.39, 0.29) is 41.4 Å². The molecule has 0 aliphatic heterocycles. The molecule has 0 aliphatic rings. The predicted octanol–water partition coefficient (Wildman–Crippen LogP) is 8.41. The number of nitro groups is 1. The van der Waals surface area contributed by atoms with Crippen LogP contribution in [0.3, 0.4) is 0 Å². The molecule has 5 aromatic carbocycles. The third-order valence-corrected chi connectivity index (χ3v) is 7.18. The van der Waals surface area contributed by atoms with E-state index in [1.54, 1.807) is 31.2 Å². The average molecular weight is 600 g/mol. The highest BCUT2D eigenvalue weighted by atomic mass is 16.6. The predicted molar refractivity (Wildman–Crippen MR) is 172 cm³/mol. The Balaban J connectivity index is 1.49. The molecule has 1 heterocycles. The molecule has 8 nitrogen and oxygen atoms in total. The molecule has 45 heavy (non-hydrogen) atoms. The van der Waals surface area contributed by atoms with Crippen molar-refractivity contribution in [2.75, 3.05) is 0 Å². The molecule has 0 aliphatic carbocycles. The zero-order chi connectivity index (χ0) is 31.2. The maximum Gasteiger partial charge on any atom is 0.312 e. The van der Waals surface area contributed by atoms with Crippen LogP contribution in [0.5, 0.6) is 17.2 Å². The lowest BCUT2D eigenvalue weighted by molar-refractivity contribution is -0.383. The third kappa shape index (κ3) is 6.70. The van der Waals surface area contributed by atoms with Gasteiger partial charge in [0.25, 0.3) is 0 Å². The Morgan fingerprint density at radius 2 is 1.24 bits per heavy atom. The number of ether oxygens (including phenoxy) is 3. The highest BCUT2D eigenvalue weighted by Crippen LogP contribution is 2.41. The van der Waals surface area contributed by atoms with Gasteiger partial charge in [0.05, 0.1) is 15.9 Å². The van der Waals surface area contributed by atoms with Gasteiger partial charge in [-0.25, -0.2) is 0 Å². The molecule has 224 valence electrons. The van der Waals surface area contributed by atoms with Gasteiger partial charge in [-0.15, -0.1) is 0 Å². The lowest BCUT2D eigenvalue weighted by Crippen LogP contribution is -2.11. The van der Waals surface area contributed by atoms with Crippen LogP contribution in [-0.4, -0.2) is 4.92 Å². The number of nitro benzene ring substituents is 1. The second kappa shape index (κ2) is 13.2. The lowest BCUT2D eigenvalue weighted by atomic mass is 10.1. The number of hydrogen-bond donors (Lipinski definition) is 0. The SMILES string of the molecule is Cc1cc([N+](=O)[O-])c2oc(-c3ccc(OCc4ccccc4)cc3OCc3ccccc3)c(OCc3ccccc3)c(=O)c2c1. The highest BCUT2D eigenvalue weighted by Gasteiger charge is 2.26. The van der Waals surface area contributed by atoms with Crippen molar-refractivity contribution in [2.24, 2.45) is 0 Å². The summed E-state index contributed by atoms with van der Waals surface area (Å²) in [5, 5.41) is 12.1. The van der Waals surface area contributed by atoms with E-state index >= 15 is 0 Å². The first-order valence-electron chi connectivity index (χ1n) is 14.4. The van der Waals surface area contributed by atoms with E-state index in [2.05, 4.69) is 0 Å². The van der Waals surface area contributed by atoms with Crippen LogP contribution in [0.2, 0.25) is 0 Å². The molecule has 0 fully saturated rings. The number of benzene rings is 5. The monoisotopic (exact) mass is 599 g/mol. The van der Waals surface area contributed by atoms with Gasteiger partial charge in [-0.1, -0.05) is 91.0 Å². The summed E-state index contributed by atoms with van der Waals surface area (Å²) in [6.45, 7) is 2.32. The number of non-ortho nitro benzene ring substituents is 1. The normalized spacial score (nSPS) is 10.9. The minimum absolute atomic E-state index is 0.0213. The zero-order valence-corrected chi connectivity index (χ0v) is 24.5. The van der Waals surface area contributed by atoms with Crippen LogP contribution in [0.4, 0.5) is 5.69 Å². The van der Waals surface area contributed by atoms with Crippen LogP contribution >= 0.6 is 0 Å². The molecule has 6 rings (SSSR count). The van der Waals surface area contributed by atoms with Crippen molar-refractivity contribution >= 4 is 16.7 Å². The molecule has 6 aromatic rings. The fourth-order valence-electron chi connectivity index (χ4n) is 4.95. The summed E-state index contributed by atoms with van der Waals surface area (Å²) in [4.78, 5) is 25.5. The molecule has 0 amide bonds. The average Bonchev–Trinajstić information content (AvgIpc) is 3.07. The molecule has 0 saturated carbocycles. The molecule has 8 heteroatoms. The number of rotatable bonds is 11. The van der Waals surface area contributed by atoms with Crippen LogP contribution < -0.4 is 19.6 Å². The van der Waals surface area contributed by atoms with E-state index in [0.29, 0.717) is 29.2 Å². The van der Waals surface area contributed by atoms with E-state index in [1.807, 2.05) is 91.0 Å². The van der Waals surface area contributed by atoms with Crippen LogP contribution in [0.25, 0.3) is 22.3 Å². The molecule has 0 spiro atoms. The van der Waals surface area contributed by atoms with Crippen molar-refractivity contribution in [1.29, 1.82) is 0 Å². The fraction of sp³-hybridized carbons (Fsp3) is 0.108. The van der Waals surface area contributed by atoms with Gasteiger partial charge >= 0.3 is 5.69 Å². The summed E-state index contributed by atoms with van der Waals surface area (Å²) in [6, 6.07) is 36.9. The lowest BCUT2D eigenvalue weighted by Gasteiger charge is -2.17. The standard InChI is InChI=1S/C37H29NO7/c1-25-19-31-34(39)37(44-24-28-15-9-4-10-16-28)36(45-35(31)32(20-25)38(40)41)30-18-17-29(42-22-26-11-5-2-6-12-26)21-33(30)43-23-27-13-7-3-8-14-27/h2-21H,22-24H2,1H3. The first-order chi connectivity index (χ1) is 22.0. The van der Waals surface area contributed by atoms with Gasteiger partial charge in [-0.3, -0.25) is 14.9 Å². The molecule has 0 radical (unpaired) electrons. The third-order valence-electron chi connectivity index (χ3n) is 7.18. The summed E-state index contributed by atoms with van der Waals surface area (Å²) in [6.07, 6.45) is 0. The van der Waals surface area contributed by atoms with Crippen molar-refractivity contribution in [1.82, 2.24) is 0 Å². The molecule has 1 aromatic heterocycles. The summed E-state index contributed by atoms with van der Waals surface area (Å²) in [5.41, 5.74) is 2.71. The van der Waals surface area contributed by atoms with Crippen LogP contribution in [0.1, 0.15) is 22.3 Å². The van der Waals surface area contributed by atoms with Crippen molar-refractivity contribution in [2.45, 2.75) is 26.7 Å². The zero-order valence-electron chi connectivity index (χ0n) is 24.5. The number of nitrogens with zero attached hydrogens (tertiary/aromatic N) is 1. The topological polar surface area (TPSA) is 101 Å². The highest BCUT2D eigenvalue weighted by molar-refractivity contribution is 5.90. The van der Waals surface area contributed by atoms with Crippen molar-refractivity contribution in [3.63, 3.8) is 0 Å². The van der Waals surface area contributed by atoms with Crippen molar-refractivity contribution < 1.29 is 23.6 Å². The van der Waals surface area contributed by atoms with Crippen LogP contribution in [0, 0.1) is 17.0 Å². The molecular formula is C37H29NO7. The smallest absolute Gasteiger partial charge is 0.312 e. The maximum absolute atomic E-state index is 14.0. The van der Waals surface area contributed by atoms with Crippen LogP contribution in [0.15, 0.2) is 131 Å². The second-order valence-corrected chi connectivity index (χ2v) is 10.5. The Labute approximate surface area is 259 Å². The Bertz CT molecular complexity index is 2010.